The van der Waals surface area contributed by atoms with Gasteiger partial charge in [0.2, 0.25) is 0 Å². The third-order valence-electron chi connectivity index (χ3n) is 3.98. The van der Waals surface area contributed by atoms with Gasteiger partial charge in [-0.25, -0.2) is 13.2 Å². The van der Waals surface area contributed by atoms with E-state index in [9.17, 15) is 18.0 Å². The van der Waals surface area contributed by atoms with E-state index in [1.165, 1.54) is 22.8 Å². The van der Waals surface area contributed by atoms with Gasteiger partial charge in [0.25, 0.3) is 5.56 Å². The number of halogens is 2. The summed E-state index contributed by atoms with van der Waals surface area (Å²) in [6.45, 7) is 0. The van der Waals surface area contributed by atoms with E-state index in [0.717, 1.165) is 6.26 Å². The van der Waals surface area contributed by atoms with Crippen LogP contribution in [0.5, 0.6) is 5.75 Å². The van der Waals surface area contributed by atoms with Gasteiger partial charge in [-0.2, -0.15) is 0 Å². The molecule has 6 nitrogen and oxygen atoms in total. The van der Waals surface area contributed by atoms with Gasteiger partial charge in [-0.1, -0.05) is 35.3 Å². The van der Waals surface area contributed by atoms with Crippen molar-refractivity contribution in [2.75, 3.05) is 6.26 Å². The molecule has 0 radical (unpaired) electrons. The van der Waals surface area contributed by atoms with Crippen LogP contribution in [0.15, 0.2) is 52.2 Å². The Bertz CT molecular complexity index is 1250. The Hall–Kier alpha value is -2.35. The van der Waals surface area contributed by atoms with Crippen LogP contribution in [0.2, 0.25) is 10.0 Å². The van der Waals surface area contributed by atoms with E-state index in [-0.39, 0.29) is 31.8 Å². The summed E-state index contributed by atoms with van der Waals surface area (Å²) in [4.78, 5) is 24.5. The van der Waals surface area contributed by atoms with Crippen molar-refractivity contribution in [1.82, 2.24) is 4.57 Å². The number of carbonyl (C=O) groups is 1. The predicted molar refractivity (Wildman–Crippen MR) is 104 cm³/mol. The van der Waals surface area contributed by atoms with Crippen LogP contribution >= 0.6 is 23.2 Å². The number of carbonyl (C=O) groups excluding carboxylic acids is 1. The number of sulfone groups is 1. The van der Waals surface area contributed by atoms with Gasteiger partial charge < -0.3 is 9.30 Å². The molecule has 1 aromatic heterocycles. The van der Waals surface area contributed by atoms with Crippen LogP contribution < -0.4 is 10.3 Å². The van der Waals surface area contributed by atoms with Crippen LogP contribution in [0.25, 0.3) is 10.9 Å². The molecule has 0 saturated heterocycles. The first-order valence-electron chi connectivity index (χ1n) is 7.60. The minimum absolute atomic E-state index is 0.0677. The Morgan fingerprint density at radius 3 is 2.41 bits per heavy atom. The number of benzene rings is 2. The molecule has 0 unspecified atom stereocenters. The maximum atomic E-state index is 12.6. The normalized spacial score (nSPS) is 11.6. The fraction of sp³-hybridized carbons (Fsp3) is 0.111. The van der Waals surface area contributed by atoms with E-state index in [1.54, 1.807) is 31.3 Å². The molecule has 2 aromatic carbocycles. The van der Waals surface area contributed by atoms with Crippen LogP contribution in [0.3, 0.4) is 0 Å². The summed E-state index contributed by atoms with van der Waals surface area (Å²) in [6.07, 6.45) is 0.981. The Balaban J connectivity index is 2.08. The summed E-state index contributed by atoms with van der Waals surface area (Å²) >= 11 is 12.1. The highest BCUT2D eigenvalue weighted by atomic mass is 35.5. The quantitative estimate of drug-likeness (QED) is 0.599. The largest absolute Gasteiger partial charge is 0.422 e. The van der Waals surface area contributed by atoms with Gasteiger partial charge in [0.05, 0.1) is 26.0 Å². The first-order valence-corrected chi connectivity index (χ1v) is 10.2. The molecule has 0 aliphatic heterocycles. The van der Waals surface area contributed by atoms with Crippen LogP contribution in [0, 0.1) is 0 Å². The first-order chi connectivity index (χ1) is 12.6. The SMILES string of the molecule is Cn1c(=O)cc(OC(=O)c2ccc(S(C)(=O)=O)c(Cl)c2Cl)c2ccccc21. The average molecular weight is 426 g/mol. The van der Waals surface area contributed by atoms with E-state index in [1.807, 2.05) is 0 Å². The molecule has 0 aliphatic carbocycles. The summed E-state index contributed by atoms with van der Waals surface area (Å²) in [5, 5.41) is 0.0584. The van der Waals surface area contributed by atoms with Crippen molar-refractivity contribution < 1.29 is 17.9 Å². The van der Waals surface area contributed by atoms with Gasteiger partial charge in [-0.15, -0.1) is 0 Å². The smallest absolute Gasteiger partial charge is 0.345 e. The Labute approximate surface area is 164 Å². The number of ether oxygens (including phenoxy) is 1. The van der Waals surface area contributed by atoms with E-state index in [4.69, 9.17) is 27.9 Å². The second kappa shape index (κ2) is 6.99. The number of rotatable bonds is 3. The van der Waals surface area contributed by atoms with Crippen molar-refractivity contribution in [3.05, 3.63) is 68.4 Å². The number of hydrogen-bond acceptors (Lipinski definition) is 5. The van der Waals surface area contributed by atoms with Gasteiger partial charge >= 0.3 is 5.97 Å². The molecule has 0 spiro atoms. The van der Waals surface area contributed by atoms with E-state index in [2.05, 4.69) is 0 Å². The van der Waals surface area contributed by atoms with Gasteiger partial charge in [0, 0.05) is 24.8 Å². The molecule has 9 heteroatoms. The number of fused-ring (bicyclic) bond motifs is 1. The van der Waals surface area contributed by atoms with Crippen LogP contribution in [-0.2, 0) is 16.9 Å². The number of pyridine rings is 1. The van der Waals surface area contributed by atoms with Gasteiger partial charge in [0.1, 0.15) is 5.75 Å². The number of para-hydroxylation sites is 1. The lowest BCUT2D eigenvalue weighted by Gasteiger charge is -2.12. The minimum atomic E-state index is -3.61. The molecular weight excluding hydrogens is 413 g/mol. The van der Waals surface area contributed by atoms with Crippen molar-refractivity contribution in [3.8, 4) is 5.75 Å². The van der Waals surface area contributed by atoms with Crippen LogP contribution in [-0.4, -0.2) is 25.2 Å². The van der Waals surface area contributed by atoms with Crippen LogP contribution in [0.1, 0.15) is 10.4 Å². The van der Waals surface area contributed by atoms with E-state index >= 15 is 0 Å². The highest BCUT2D eigenvalue weighted by molar-refractivity contribution is 7.90. The fourth-order valence-electron chi connectivity index (χ4n) is 2.59. The molecule has 3 aromatic rings. The lowest BCUT2D eigenvalue weighted by molar-refractivity contribution is 0.0737. The van der Waals surface area contributed by atoms with Gasteiger partial charge in [-0.3, -0.25) is 4.79 Å². The molecule has 0 atom stereocenters. The first kappa shape index (κ1) is 19.4. The zero-order chi connectivity index (χ0) is 19.9. The second-order valence-corrected chi connectivity index (χ2v) is 8.56. The summed E-state index contributed by atoms with van der Waals surface area (Å²) in [6, 6.07) is 10.5. The zero-order valence-corrected chi connectivity index (χ0v) is 16.5. The predicted octanol–water partition coefficient (Wildman–Crippen LogP) is 3.47. The lowest BCUT2D eigenvalue weighted by atomic mass is 10.2. The number of esters is 1. The Morgan fingerprint density at radius 2 is 1.74 bits per heavy atom. The van der Waals surface area contributed by atoms with Crippen molar-refractivity contribution in [2.24, 2.45) is 7.05 Å². The molecule has 140 valence electrons. The Morgan fingerprint density at radius 1 is 1.07 bits per heavy atom. The summed E-state index contributed by atoms with van der Waals surface area (Å²) in [5.41, 5.74) is 0.122. The molecule has 1 heterocycles. The number of aromatic nitrogens is 1. The van der Waals surface area contributed by atoms with Crippen molar-refractivity contribution in [2.45, 2.75) is 4.90 Å². The topological polar surface area (TPSA) is 82.4 Å². The highest BCUT2D eigenvalue weighted by Crippen LogP contribution is 2.33. The van der Waals surface area contributed by atoms with Crippen molar-refractivity contribution in [3.63, 3.8) is 0 Å². The average Bonchev–Trinajstić information content (AvgIpc) is 2.60. The van der Waals surface area contributed by atoms with E-state index in [0.29, 0.717) is 10.9 Å². The fourth-order valence-corrected chi connectivity index (χ4v) is 4.22. The van der Waals surface area contributed by atoms with Crippen molar-refractivity contribution in [1.29, 1.82) is 0 Å². The summed E-state index contributed by atoms with van der Waals surface area (Å²) < 4.78 is 30.2. The molecule has 0 saturated carbocycles. The molecular formula is C18H13Cl2NO5S. The standard InChI is InChI=1S/C18H13Cl2NO5S/c1-21-12-6-4-3-5-10(12)13(9-15(21)22)26-18(23)11-7-8-14(27(2,24)25)17(20)16(11)19/h3-9H,1-2H3. The third-order valence-corrected chi connectivity index (χ3v) is 6.12. The lowest BCUT2D eigenvalue weighted by Crippen LogP contribution is -2.18. The minimum Gasteiger partial charge on any atom is -0.422 e. The maximum Gasteiger partial charge on any atom is 0.345 e. The number of nitrogens with zero attached hydrogens (tertiary/aromatic N) is 1. The molecule has 0 N–H and O–H groups in total. The molecule has 3 rings (SSSR count). The molecule has 0 fully saturated rings. The molecule has 0 bridgehead atoms. The number of aryl methyl sites for hydroxylation is 1. The number of hydrogen-bond donors (Lipinski definition) is 0. The van der Waals surface area contributed by atoms with Crippen LogP contribution in [0.4, 0.5) is 0 Å². The van der Waals surface area contributed by atoms with Crippen molar-refractivity contribution >= 4 is 49.9 Å². The highest BCUT2D eigenvalue weighted by Gasteiger charge is 2.22. The van der Waals surface area contributed by atoms with Gasteiger partial charge in [0.15, 0.2) is 9.84 Å². The summed E-state index contributed by atoms with van der Waals surface area (Å²) in [5.74, 6) is -0.793. The maximum absolute atomic E-state index is 12.6. The zero-order valence-electron chi connectivity index (χ0n) is 14.2. The third kappa shape index (κ3) is 3.58. The Kier molecular flexibility index (Phi) is 5.03. The second-order valence-electron chi connectivity index (χ2n) is 5.82. The summed E-state index contributed by atoms with van der Waals surface area (Å²) in [7, 11) is -2.00. The monoisotopic (exact) mass is 425 g/mol. The molecule has 27 heavy (non-hydrogen) atoms. The molecule has 0 amide bonds. The molecule has 0 aliphatic rings. The van der Waals surface area contributed by atoms with Gasteiger partial charge in [-0.05, 0) is 24.3 Å². The van der Waals surface area contributed by atoms with E-state index < -0.39 is 15.8 Å².